The average molecular weight is 299 g/mol. The highest BCUT2D eigenvalue weighted by atomic mass is 16.5. The van der Waals surface area contributed by atoms with Crippen LogP contribution >= 0.6 is 0 Å². The molecule has 1 saturated heterocycles. The standard InChI is InChI=1S/C18H38N2O/c1-17(2,3)9-7-10-19-12-14-20(15-13-19)11-8-16-21-18(4,5)6/h7-16H2,1-6H3. The highest BCUT2D eigenvalue weighted by Gasteiger charge is 2.17. The van der Waals surface area contributed by atoms with E-state index in [9.17, 15) is 0 Å². The summed E-state index contributed by atoms with van der Waals surface area (Å²) in [4.78, 5) is 5.22. The molecule has 0 atom stereocenters. The van der Waals surface area contributed by atoms with Crippen molar-refractivity contribution in [2.24, 2.45) is 5.41 Å². The van der Waals surface area contributed by atoms with Crippen molar-refractivity contribution in [3.8, 4) is 0 Å². The molecule has 0 amide bonds. The predicted molar refractivity (Wildman–Crippen MR) is 91.9 cm³/mol. The van der Waals surface area contributed by atoms with Crippen LogP contribution in [0.15, 0.2) is 0 Å². The molecular formula is C18H38N2O. The molecule has 0 unspecified atom stereocenters. The summed E-state index contributed by atoms with van der Waals surface area (Å²) in [5, 5.41) is 0. The number of piperazine rings is 1. The molecule has 0 aromatic heterocycles. The van der Waals surface area contributed by atoms with Crippen LogP contribution in [0.5, 0.6) is 0 Å². The van der Waals surface area contributed by atoms with Gasteiger partial charge in [0, 0.05) is 39.3 Å². The van der Waals surface area contributed by atoms with Gasteiger partial charge in [-0.3, -0.25) is 0 Å². The summed E-state index contributed by atoms with van der Waals surface area (Å²) < 4.78 is 5.79. The third kappa shape index (κ3) is 10.3. The first kappa shape index (κ1) is 18.9. The highest BCUT2D eigenvalue weighted by Crippen LogP contribution is 2.20. The Morgan fingerprint density at radius 2 is 1.24 bits per heavy atom. The van der Waals surface area contributed by atoms with E-state index in [-0.39, 0.29) is 5.60 Å². The lowest BCUT2D eigenvalue weighted by Gasteiger charge is -2.35. The van der Waals surface area contributed by atoms with Crippen molar-refractivity contribution in [3.05, 3.63) is 0 Å². The van der Waals surface area contributed by atoms with E-state index >= 15 is 0 Å². The van der Waals surface area contributed by atoms with Crippen LogP contribution in [0.3, 0.4) is 0 Å². The van der Waals surface area contributed by atoms with Crippen LogP contribution < -0.4 is 0 Å². The SMILES string of the molecule is CC(C)(C)CCCN1CCN(CCCOC(C)(C)C)CC1. The Balaban J connectivity index is 2.04. The van der Waals surface area contributed by atoms with Crippen LogP contribution in [0.1, 0.15) is 60.8 Å². The third-order valence-electron chi connectivity index (χ3n) is 4.02. The molecule has 1 rings (SSSR count). The molecule has 0 radical (unpaired) electrons. The molecule has 0 aromatic carbocycles. The van der Waals surface area contributed by atoms with Crippen molar-refractivity contribution in [3.63, 3.8) is 0 Å². The number of hydrogen-bond donors (Lipinski definition) is 0. The lowest BCUT2D eigenvalue weighted by atomic mass is 9.90. The molecule has 0 spiro atoms. The van der Waals surface area contributed by atoms with Gasteiger partial charge >= 0.3 is 0 Å². The average Bonchev–Trinajstić information content (AvgIpc) is 2.34. The molecule has 0 N–H and O–H groups in total. The first-order valence-corrected chi connectivity index (χ1v) is 8.74. The fourth-order valence-corrected chi connectivity index (χ4v) is 2.74. The number of rotatable bonds is 7. The summed E-state index contributed by atoms with van der Waals surface area (Å²) >= 11 is 0. The Morgan fingerprint density at radius 1 is 0.762 bits per heavy atom. The topological polar surface area (TPSA) is 15.7 Å². The minimum Gasteiger partial charge on any atom is -0.376 e. The van der Waals surface area contributed by atoms with Crippen molar-refractivity contribution < 1.29 is 4.74 Å². The molecule has 1 fully saturated rings. The second-order valence-corrected chi connectivity index (χ2v) is 8.66. The van der Waals surface area contributed by atoms with Crippen LogP contribution in [0.2, 0.25) is 0 Å². The van der Waals surface area contributed by atoms with Crippen LogP contribution in [-0.4, -0.2) is 61.3 Å². The van der Waals surface area contributed by atoms with E-state index in [4.69, 9.17) is 4.74 Å². The van der Waals surface area contributed by atoms with Crippen molar-refractivity contribution in [2.45, 2.75) is 66.4 Å². The Hall–Kier alpha value is -0.120. The molecule has 126 valence electrons. The Kier molecular flexibility index (Phi) is 7.66. The third-order valence-corrected chi connectivity index (χ3v) is 4.02. The first-order chi connectivity index (χ1) is 9.66. The minimum atomic E-state index is 0.00571. The van der Waals surface area contributed by atoms with E-state index in [1.165, 1.54) is 52.1 Å². The van der Waals surface area contributed by atoms with Crippen LogP contribution in [0.4, 0.5) is 0 Å². The van der Waals surface area contributed by atoms with E-state index in [1.54, 1.807) is 0 Å². The smallest absolute Gasteiger partial charge is 0.0598 e. The molecule has 1 aliphatic heterocycles. The summed E-state index contributed by atoms with van der Waals surface area (Å²) in [6, 6.07) is 0. The van der Waals surface area contributed by atoms with Crippen molar-refractivity contribution >= 4 is 0 Å². The van der Waals surface area contributed by atoms with Crippen molar-refractivity contribution in [1.29, 1.82) is 0 Å². The van der Waals surface area contributed by atoms with Gasteiger partial charge in [0.15, 0.2) is 0 Å². The van der Waals surface area contributed by atoms with Gasteiger partial charge in [-0.25, -0.2) is 0 Å². The summed E-state index contributed by atoms with van der Waals surface area (Å²) in [5.41, 5.74) is 0.487. The zero-order valence-electron chi connectivity index (χ0n) is 15.4. The van der Waals surface area contributed by atoms with E-state index < -0.39 is 0 Å². The number of nitrogens with zero attached hydrogens (tertiary/aromatic N) is 2. The van der Waals surface area contributed by atoms with Gasteiger partial charge in [-0.05, 0) is 52.0 Å². The predicted octanol–water partition coefficient (Wildman–Crippen LogP) is 3.64. The monoisotopic (exact) mass is 298 g/mol. The number of ether oxygens (including phenoxy) is 1. The van der Waals surface area contributed by atoms with Gasteiger partial charge in [-0.1, -0.05) is 20.8 Å². The van der Waals surface area contributed by atoms with E-state index in [0.29, 0.717) is 5.41 Å². The highest BCUT2D eigenvalue weighted by molar-refractivity contribution is 4.73. The normalized spacial score (nSPS) is 19.1. The Bertz CT molecular complexity index is 270. The van der Waals surface area contributed by atoms with E-state index in [1.807, 2.05) is 0 Å². The van der Waals surface area contributed by atoms with Crippen LogP contribution in [0.25, 0.3) is 0 Å². The lowest BCUT2D eigenvalue weighted by molar-refractivity contribution is -0.00837. The molecule has 0 aliphatic carbocycles. The summed E-state index contributed by atoms with van der Waals surface area (Å²) in [6.07, 6.45) is 3.82. The Labute approximate surface area is 133 Å². The molecule has 3 heteroatoms. The van der Waals surface area contributed by atoms with Crippen molar-refractivity contribution in [1.82, 2.24) is 9.80 Å². The molecule has 0 aromatic rings. The molecule has 1 aliphatic rings. The van der Waals surface area contributed by atoms with Gasteiger partial charge < -0.3 is 14.5 Å². The molecule has 3 nitrogen and oxygen atoms in total. The quantitative estimate of drug-likeness (QED) is 0.667. The second-order valence-electron chi connectivity index (χ2n) is 8.66. The van der Waals surface area contributed by atoms with Crippen LogP contribution in [0, 0.1) is 5.41 Å². The fraction of sp³-hybridized carbons (Fsp3) is 1.00. The zero-order chi connectivity index (χ0) is 15.9. The lowest BCUT2D eigenvalue weighted by Crippen LogP contribution is -2.47. The fourth-order valence-electron chi connectivity index (χ4n) is 2.74. The van der Waals surface area contributed by atoms with Gasteiger partial charge in [0.2, 0.25) is 0 Å². The zero-order valence-corrected chi connectivity index (χ0v) is 15.4. The second kappa shape index (κ2) is 8.50. The molecule has 21 heavy (non-hydrogen) atoms. The van der Waals surface area contributed by atoms with Gasteiger partial charge in [0.1, 0.15) is 0 Å². The van der Waals surface area contributed by atoms with Gasteiger partial charge in [-0.15, -0.1) is 0 Å². The largest absolute Gasteiger partial charge is 0.376 e. The summed E-state index contributed by atoms with van der Waals surface area (Å²) in [7, 11) is 0. The van der Waals surface area contributed by atoms with E-state index in [0.717, 1.165) is 13.0 Å². The maximum Gasteiger partial charge on any atom is 0.0598 e. The molecule has 1 heterocycles. The Morgan fingerprint density at radius 3 is 1.67 bits per heavy atom. The summed E-state index contributed by atoms with van der Waals surface area (Å²) in [5.74, 6) is 0. The number of hydrogen-bond acceptors (Lipinski definition) is 3. The maximum absolute atomic E-state index is 5.79. The van der Waals surface area contributed by atoms with Gasteiger partial charge in [-0.2, -0.15) is 0 Å². The molecule has 0 bridgehead atoms. The van der Waals surface area contributed by atoms with Gasteiger partial charge in [0.05, 0.1) is 5.60 Å². The van der Waals surface area contributed by atoms with Crippen LogP contribution in [-0.2, 0) is 4.74 Å². The maximum atomic E-state index is 5.79. The molecule has 0 saturated carbocycles. The summed E-state index contributed by atoms with van der Waals surface area (Å²) in [6.45, 7) is 21.7. The van der Waals surface area contributed by atoms with Gasteiger partial charge in [0.25, 0.3) is 0 Å². The molecular weight excluding hydrogens is 260 g/mol. The van der Waals surface area contributed by atoms with E-state index in [2.05, 4.69) is 51.3 Å². The minimum absolute atomic E-state index is 0.00571. The first-order valence-electron chi connectivity index (χ1n) is 8.74. The van der Waals surface area contributed by atoms with Crippen molar-refractivity contribution in [2.75, 3.05) is 45.9 Å².